The van der Waals surface area contributed by atoms with Crippen LogP contribution in [-0.2, 0) is 7.05 Å². The van der Waals surface area contributed by atoms with Gasteiger partial charge in [0.2, 0.25) is 0 Å². The number of hydrogen-bond acceptors (Lipinski definition) is 3. The summed E-state index contributed by atoms with van der Waals surface area (Å²) < 4.78 is 20.8. The summed E-state index contributed by atoms with van der Waals surface area (Å²) in [5, 5.41) is 7.47. The van der Waals surface area contributed by atoms with E-state index in [1.807, 2.05) is 0 Å². The van der Waals surface area contributed by atoms with Gasteiger partial charge in [-0.1, -0.05) is 6.42 Å². The van der Waals surface area contributed by atoms with E-state index in [9.17, 15) is 9.18 Å². The molecule has 1 N–H and O–H groups in total. The number of aryl methyl sites for hydroxylation is 1. The zero-order chi connectivity index (χ0) is 17.6. The van der Waals surface area contributed by atoms with Crippen LogP contribution in [0.2, 0.25) is 0 Å². The molecule has 2 aromatic rings. The molecule has 3 atom stereocenters. The van der Waals surface area contributed by atoms with Gasteiger partial charge in [0.1, 0.15) is 17.3 Å². The molecule has 25 heavy (non-hydrogen) atoms. The Morgan fingerprint density at radius 3 is 2.80 bits per heavy atom. The minimum Gasteiger partial charge on any atom is -0.497 e. The highest BCUT2D eigenvalue weighted by atomic mass is 19.1. The van der Waals surface area contributed by atoms with Crippen molar-refractivity contribution in [1.82, 2.24) is 15.1 Å². The smallest absolute Gasteiger partial charge is 0.269 e. The van der Waals surface area contributed by atoms with Crippen LogP contribution in [0, 0.1) is 17.7 Å². The second-order valence-electron chi connectivity index (χ2n) is 7.14. The topological polar surface area (TPSA) is 56.1 Å². The molecular weight excluding hydrogens is 321 g/mol. The number of nitrogens with one attached hydrogen (secondary N) is 1. The molecule has 5 nitrogen and oxygen atoms in total. The first-order valence-corrected chi connectivity index (χ1v) is 8.74. The van der Waals surface area contributed by atoms with Gasteiger partial charge in [0.25, 0.3) is 5.91 Å². The van der Waals surface area contributed by atoms with Crippen molar-refractivity contribution in [2.45, 2.75) is 31.7 Å². The fraction of sp³-hybridized carbons (Fsp3) is 0.474. The molecular formula is C19H22FN3O2. The Morgan fingerprint density at radius 2 is 2.16 bits per heavy atom. The Morgan fingerprint density at radius 1 is 1.32 bits per heavy atom. The minimum atomic E-state index is -0.419. The van der Waals surface area contributed by atoms with Crippen molar-refractivity contribution in [2.75, 3.05) is 7.11 Å². The van der Waals surface area contributed by atoms with E-state index in [0.29, 0.717) is 28.6 Å². The van der Waals surface area contributed by atoms with Crippen molar-refractivity contribution in [3.05, 3.63) is 35.8 Å². The Balaban J connectivity index is 1.55. The third-order valence-electron chi connectivity index (χ3n) is 5.62. The molecule has 0 saturated heterocycles. The van der Waals surface area contributed by atoms with Crippen LogP contribution in [0.1, 0.15) is 36.2 Å². The molecule has 1 aromatic carbocycles. The lowest BCUT2D eigenvalue weighted by Crippen LogP contribution is -2.39. The van der Waals surface area contributed by atoms with Gasteiger partial charge in [0.05, 0.1) is 12.8 Å². The van der Waals surface area contributed by atoms with Crippen molar-refractivity contribution in [3.8, 4) is 17.0 Å². The summed E-state index contributed by atoms with van der Waals surface area (Å²) in [5.74, 6) is 1.28. The number of rotatable bonds is 4. The number of carbonyl (C=O) groups excluding carboxylic acids is 1. The van der Waals surface area contributed by atoms with Crippen LogP contribution >= 0.6 is 0 Å². The van der Waals surface area contributed by atoms with Crippen molar-refractivity contribution in [1.29, 1.82) is 0 Å². The van der Waals surface area contributed by atoms with Gasteiger partial charge in [-0.2, -0.15) is 5.10 Å². The van der Waals surface area contributed by atoms with E-state index in [-0.39, 0.29) is 11.9 Å². The Labute approximate surface area is 146 Å². The second-order valence-corrected chi connectivity index (χ2v) is 7.14. The van der Waals surface area contributed by atoms with Crippen molar-refractivity contribution < 1.29 is 13.9 Å². The van der Waals surface area contributed by atoms with Gasteiger partial charge >= 0.3 is 0 Å². The predicted octanol–water partition coefficient (Wildman–Crippen LogP) is 3.15. The molecule has 2 aliphatic rings. The predicted molar refractivity (Wildman–Crippen MR) is 91.9 cm³/mol. The summed E-state index contributed by atoms with van der Waals surface area (Å²) in [5.41, 5.74) is 1.25. The number of nitrogens with zero attached hydrogens (tertiary/aromatic N) is 2. The number of benzene rings is 1. The largest absolute Gasteiger partial charge is 0.497 e. The lowest BCUT2D eigenvalue weighted by molar-refractivity contribution is 0.0913. The van der Waals surface area contributed by atoms with Gasteiger partial charge in [-0.15, -0.1) is 0 Å². The molecule has 0 unspecified atom stereocenters. The van der Waals surface area contributed by atoms with E-state index in [4.69, 9.17) is 4.74 Å². The van der Waals surface area contributed by atoms with E-state index in [2.05, 4.69) is 10.4 Å². The monoisotopic (exact) mass is 343 g/mol. The summed E-state index contributed by atoms with van der Waals surface area (Å²) in [4.78, 5) is 12.6. The first-order chi connectivity index (χ1) is 12.0. The van der Waals surface area contributed by atoms with E-state index < -0.39 is 5.82 Å². The van der Waals surface area contributed by atoms with Crippen LogP contribution in [0.5, 0.6) is 5.75 Å². The van der Waals surface area contributed by atoms with E-state index in [1.54, 1.807) is 25.2 Å². The number of methoxy groups -OCH3 is 1. The number of aromatic nitrogens is 2. The molecule has 0 spiro atoms. The Bertz CT molecular complexity index is 817. The van der Waals surface area contributed by atoms with Crippen molar-refractivity contribution >= 4 is 5.91 Å². The number of amides is 1. The number of fused-ring (bicyclic) bond motifs is 2. The average Bonchev–Trinajstić information content (AvgIpc) is 3.30. The number of carbonyl (C=O) groups is 1. The minimum absolute atomic E-state index is 0.132. The van der Waals surface area contributed by atoms with Crippen LogP contribution in [0.15, 0.2) is 24.3 Å². The summed E-state index contributed by atoms with van der Waals surface area (Å²) in [6.45, 7) is 0. The molecule has 0 radical (unpaired) electrons. The van der Waals surface area contributed by atoms with Crippen LogP contribution in [-0.4, -0.2) is 28.8 Å². The zero-order valence-electron chi connectivity index (χ0n) is 14.5. The van der Waals surface area contributed by atoms with Crippen LogP contribution in [0.4, 0.5) is 4.39 Å². The van der Waals surface area contributed by atoms with E-state index >= 15 is 0 Å². The lowest BCUT2D eigenvalue weighted by Gasteiger charge is -2.22. The van der Waals surface area contributed by atoms with Gasteiger partial charge in [-0.05, 0) is 49.3 Å². The highest BCUT2D eigenvalue weighted by molar-refractivity contribution is 5.94. The van der Waals surface area contributed by atoms with Gasteiger partial charge in [-0.25, -0.2) is 4.39 Å². The molecule has 0 aliphatic heterocycles. The highest BCUT2D eigenvalue weighted by Gasteiger charge is 2.40. The maximum atomic E-state index is 14.3. The average molecular weight is 343 g/mol. The van der Waals surface area contributed by atoms with Gasteiger partial charge < -0.3 is 10.1 Å². The van der Waals surface area contributed by atoms with Crippen LogP contribution in [0.3, 0.4) is 0 Å². The normalized spacial score (nSPS) is 24.5. The first kappa shape index (κ1) is 16.1. The van der Waals surface area contributed by atoms with Gasteiger partial charge in [-0.3, -0.25) is 9.48 Å². The highest BCUT2D eigenvalue weighted by Crippen LogP contribution is 2.44. The molecule has 2 fully saturated rings. The quantitative estimate of drug-likeness (QED) is 0.928. The van der Waals surface area contributed by atoms with Crippen LogP contribution < -0.4 is 10.1 Å². The standard InChI is InChI=1S/C19H22FN3O2/c1-23-18(19(24)21-16-8-11-3-4-12(16)7-11)10-17(22-23)14-6-5-13(25-2)9-15(14)20/h5-6,9-12,16H,3-4,7-8H2,1-2H3,(H,21,24)/t11-,12-,16-/m0/s1. The molecule has 1 amide bonds. The SMILES string of the molecule is COc1ccc(-c2cc(C(=O)N[C@H]3C[C@H]4CC[C@H]3C4)n(C)n2)c(F)c1. The molecule has 1 aromatic heterocycles. The maximum absolute atomic E-state index is 14.3. The fourth-order valence-corrected chi connectivity index (χ4v) is 4.31. The zero-order valence-corrected chi connectivity index (χ0v) is 14.5. The molecule has 2 aliphatic carbocycles. The maximum Gasteiger partial charge on any atom is 0.269 e. The van der Waals surface area contributed by atoms with Gasteiger partial charge in [0.15, 0.2) is 0 Å². The molecule has 2 bridgehead atoms. The molecule has 6 heteroatoms. The van der Waals surface area contributed by atoms with E-state index in [1.165, 1.54) is 37.1 Å². The number of ether oxygens (including phenoxy) is 1. The lowest BCUT2D eigenvalue weighted by atomic mass is 9.95. The van der Waals surface area contributed by atoms with Gasteiger partial charge in [0, 0.05) is 24.7 Å². The van der Waals surface area contributed by atoms with Crippen LogP contribution in [0.25, 0.3) is 11.3 Å². The van der Waals surface area contributed by atoms with Crippen molar-refractivity contribution in [3.63, 3.8) is 0 Å². The third kappa shape index (κ3) is 2.90. The van der Waals surface area contributed by atoms with Crippen molar-refractivity contribution in [2.24, 2.45) is 18.9 Å². The summed E-state index contributed by atoms with van der Waals surface area (Å²) >= 11 is 0. The number of halogens is 1. The Hall–Kier alpha value is -2.37. The number of hydrogen-bond donors (Lipinski definition) is 1. The molecule has 132 valence electrons. The fourth-order valence-electron chi connectivity index (χ4n) is 4.31. The summed E-state index contributed by atoms with van der Waals surface area (Å²) in [7, 11) is 3.20. The molecule has 4 rings (SSSR count). The second kappa shape index (κ2) is 6.17. The third-order valence-corrected chi connectivity index (χ3v) is 5.62. The first-order valence-electron chi connectivity index (χ1n) is 8.74. The molecule has 2 saturated carbocycles. The summed E-state index contributed by atoms with van der Waals surface area (Å²) in [6.07, 6.45) is 4.82. The summed E-state index contributed by atoms with van der Waals surface area (Å²) in [6, 6.07) is 6.53. The Kier molecular flexibility index (Phi) is 3.98. The van der Waals surface area contributed by atoms with E-state index in [0.717, 1.165) is 12.3 Å². The molecule has 1 heterocycles.